The Balaban J connectivity index is 1.53. The Labute approximate surface area is 160 Å². The molecule has 0 saturated heterocycles. The molecule has 0 fully saturated rings. The number of aromatic nitrogens is 4. The van der Waals surface area contributed by atoms with Crippen molar-refractivity contribution >= 4 is 34.1 Å². The Morgan fingerprint density at radius 2 is 2.04 bits per heavy atom. The molecular formula is C19H20N4OS2. The largest absolute Gasteiger partial charge is 0.419 e. The van der Waals surface area contributed by atoms with E-state index in [1.165, 1.54) is 10.4 Å². The van der Waals surface area contributed by atoms with Crippen LogP contribution in [0.25, 0.3) is 21.8 Å². The third kappa shape index (κ3) is 3.17. The summed E-state index contributed by atoms with van der Waals surface area (Å²) in [5.74, 6) is 1.85. The Morgan fingerprint density at radius 1 is 1.19 bits per heavy atom. The molecule has 26 heavy (non-hydrogen) atoms. The highest BCUT2D eigenvalue weighted by Gasteiger charge is 2.15. The van der Waals surface area contributed by atoms with Crippen LogP contribution in [0, 0.1) is 6.92 Å². The Morgan fingerprint density at radius 3 is 2.81 bits per heavy atom. The lowest BCUT2D eigenvalue weighted by Crippen LogP contribution is -1.96. The van der Waals surface area contributed by atoms with Crippen molar-refractivity contribution in [2.45, 2.75) is 44.6 Å². The average Bonchev–Trinajstić information content (AvgIpc) is 3.35. The molecule has 0 radical (unpaired) electrons. The number of rotatable bonds is 6. The van der Waals surface area contributed by atoms with Gasteiger partial charge >= 0.3 is 0 Å². The molecule has 0 bridgehead atoms. The molecule has 3 heterocycles. The summed E-state index contributed by atoms with van der Waals surface area (Å²) < 4.78 is 8.10. The van der Waals surface area contributed by atoms with Gasteiger partial charge in [-0.15, -0.1) is 21.5 Å². The van der Waals surface area contributed by atoms with E-state index in [9.17, 15) is 0 Å². The highest BCUT2D eigenvalue weighted by atomic mass is 32.2. The molecular weight excluding hydrogens is 364 g/mol. The van der Waals surface area contributed by atoms with Crippen molar-refractivity contribution in [3.63, 3.8) is 0 Å². The summed E-state index contributed by atoms with van der Waals surface area (Å²) in [5, 5.41) is 9.42. The van der Waals surface area contributed by atoms with E-state index in [4.69, 9.17) is 9.40 Å². The van der Waals surface area contributed by atoms with Crippen LogP contribution in [0.4, 0.5) is 0 Å². The maximum Gasteiger partial charge on any atom is 0.257 e. The zero-order valence-corrected chi connectivity index (χ0v) is 16.7. The summed E-state index contributed by atoms with van der Waals surface area (Å²) in [4.78, 5) is 7.14. The van der Waals surface area contributed by atoms with Crippen molar-refractivity contribution < 1.29 is 4.42 Å². The number of nitrogens with zero attached hydrogens (tertiary/aromatic N) is 4. The first kappa shape index (κ1) is 17.3. The normalized spacial score (nSPS) is 11.5. The van der Waals surface area contributed by atoms with E-state index in [2.05, 4.69) is 47.7 Å². The second-order valence-electron chi connectivity index (χ2n) is 5.99. The summed E-state index contributed by atoms with van der Waals surface area (Å²) in [5.41, 5.74) is 3.47. The van der Waals surface area contributed by atoms with E-state index in [1.807, 2.05) is 18.2 Å². The van der Waals surface area contributed by atoms with E-state index in [0.717, 1.165) is 34.0 Å². The van der Waals surface area contributed by atoms with E-state index in [0.29, 0.717) is 17.5 Å². The number of hydrogen-bond acceptors (Lipinski definition) is 6. The molecule has 4 aromatic rings. The topological polar surface area (TPSA) is 56.7 Å². The second kappa shape index (κ2) is 7.25. The van der Waals surface area contributed by atoms with Gasteiger partial charge in [0.15, 0.2) is 5.16 Å². The molecule has 0 amide bonds. The van der Waals surface area contributed by atoms with Gasteiger partial charge in [0.05, 0.1) is 21.7 Å². The fourth-order valence-electron chi connectivity index (χ4n) is 2.98. The zero-order chi connectivity index (χ0) is 18.1. The number of hydrogen-bond donors (Lipinski definition) is 0. The maximum atomic E-state index is 5.88. The van der Waals surface area contributed by atoms with Crippen LogP contribution in [0.15, 0.2) is 39.9 Å². The van der Waals surface area contributed by atoms with Crippen molar-refractivity contribution in [1.82, 2.24) is 19.7 Å². The SMILES string of the molecule is CCc1sc(-c2nnc(CSc3nc4ccccc4n3CC)o2)cc1C. The van der Waals surface area contributed by atoms with E-state index < -0.39 is 0 Å². The first-order chi connectivity index (χ1) is 12.7. The number of thiophene rings is 1. The zero-order valence-electron chi connectivity index (χ0n) is 15.0. The van der Waals surface area contributed by atoms with Crippen LogP contribution < -0.4 is 0 Å². The quantitative estimate of drug-likeness (QED) is 0.421. The lowest BCUT2D eigenvalue weighted by molar-refractivity contribution is 0.529. The second-order valence-corrected chi connectivity index (χ2v) is 8.07. The maximum absolute atomic E-state index is 5.88. The average molecular weight is 385 g/mol. The first-order valence-electron chi connectivity index (χ1n) is 8.69. The highest BCUT2D eigenvalue weighted by molar-refractivity contribution is 7.98. The third-order valence-electron chi connectivity index (χ3n) is 4.28. The molecule has 0 unspecified atom stereocenters. The Hall–Kier alpha value is -2.12. The fourth-order valence-corrected chi connectivity index (χ4v) is 4.93. The lowest BCUT2D eigenvalue weighted by atomic mass is 10.2. The van der Waals surface area contributed by atoms with Crippen LogP contribution in [-0.4, -0.2) is 19.7 Å². The highest BCUT2D eigenvalue weighted by Crippen LogP contribution is 2.32. The van der Waals surface area contributed by atoms with Gasteiger partial charge in [-0.2, -0.15) is 0 Å². The molecule has 1 aromatic carbocycles. The molecule has 3 aromatic heterocycles. The smallest absolute Gasteiger partial charge is 0.257 e. The molecule has 5 nitrogen and oxygen atoms in total. The lowest BCUT2D eigenvalue weighted by Gasteiger charge is -2.03. The minimum atomic E-state index is 0.609. The summed E-state index contributed by atoms with van der Waals surface area (Å²) in [6.45, 7) is 7.30. The molecule has 0 aliphatic rings. The van der Waals surface area contributed by atoms with Gasteiger partial charge in [0.2, 0.25) is 5.89 Å². The van der Waals surface area contributed by atoms with Gasteiger partial charge in [-0.25, -0.2) is 4.98 Å². The van der Waals surface area contributed by atoms with Crippen molar-refractivity contribution in [2.75, 3.05) is 0 Å². The third-order valence-corrected chi connectivity index (χ3v) is 6.61. The van der Waals surface area contributed by atoms with E-state index in [-0.39, 0.29) is 0 Å². The molecule has 0 atom stereocenters. The number of thioether (sulfide) groups is 1. The fraction of sp³-hybridized carbons (Fsp3) is 0.316. The van der Waals surface area contributed by atoms with Gasteiger partial charge in [-0.05, 0) is 44.0 Å². The van der Waals surface area contributed by atoms with Crippen molar-refractivity contribution in [3.8, 4) is 10.8 Å². The molecule has 0 spiro atoms. The van der Waals surface area contributed by atoms with Crippen molar-refractivity contribution in [1.29, 1.82) is 0 Å². The minimum absolute atomic E-state index is 0.609. The molecule has 0 aliphatic carbocycles. The van der Waals surface area contributed by atoms with Crippen LogP contribution in [-0.2, 0) is 18.7 Å². The Bertz CT molecular complexity index is 1050. The summed E-state index contributed by atoms with van der Waals surface area (Å²) in [6.07, 6.45) is 1.03. The minimum Gasteiger partial charge on any atom is -0.419 e. The summed E-state index contributed by atoms with van der Waals surface area (Å²) in [6, 6.07) is 10.3. The standard InChI is InChI=1S/C19H20N4OS2/c1-4-15-12(3)10-16(26-15)18-22-21-17(24-18)11-25-19-20-13-8-6-7-9-14(13)23(19)5-2/h6-10H,4-5,11H2,1-3H3. The predicted octanol–water partition coefficient (Wildman–Crippen LogP) is 5.33. The molecule has 0 saturated carbocycles. The number of fused-ring (bicyclic) bond motifs is 1. The van der Waals surface area contributed by atoms with Gasteiger partial charge in [-0.1, -0.05) is 30.8 Å². The summed E-state index contributed by atoms with van der Waals surface area (Å²) >= 11 is 3.36. The molecule has 134 valence electrons. The first-order valence-corrected chi connectivity index (χ1v) is 10.5. The van der Waals surface area contributed by atoms with Crippen LogP contribution in [0.1, 0.15) is 30.2 Å². The van der Waals surface area contributed by atoms with Gasteiger partial charge < -0.3 is 8.98 Å². The number of imidazole rings is 1. The van der Waals surface area contributed by atoms with Gasteiger partial charge in [0, 0.05) is 11.4 Å². The summed E-state index contributed by atoms with van der Waals surface area (Å²) in [7, 11) is 0. The van der Waals surface area contributed by atoms with Crippen LogP contribution in [0.5, 0.6) is 0 Å². The van der Waals surface area contributed by atoms with E-state index >= 15 is 0 Å². The molecule has 0 N–H and O–H groups in total. The molecule has 0 aliphatic heterocycles. The van der Waals surface area contributed by atoms with Crippen LogP contribution >= 0.6 is 23.1 Å². The van der Waals surface area contributed by atoms with Crippen LogP contribution in [0.2, 0.25) is 0 Å². The number of aryl methyl sites for hydroxylation is 3. The molecule has 7 heteroatoms. The van der Waals surface area contributed by atoms with Gasteiger partial charge in [0.1, 0.15) is 0 Å². The van der Waals surface area contributed by atoms with E-state index in [1.54, 1.807) is 23.1 Å². The monoisotopic (exact) mass is 384 g/mol. The Kier molecular flexibility index (Phi) is 4.82. The van der Waals surface area contributed by atoms with Gasteiger partial charge in [0.25, 0.3) is 5.89 Å². The molecule has 4 rings (SSSR count). The predicted molar refractivity (Wildman–Crippen MR) is 107 cm³/mol. The van der Waals surface area contributed by atoms with Crippen molar-refractivity contribution in [2.24, 2.45) is 0 Å². The van der Waals surface area contributed by atoms with Crippen molar-refractivity contribution in [3.05, 3.63) is 46.7 Å². The number of benzene rings is 1. The van der Waals surface area contributed by atoms with Gasteiger partial charge in [-0.3, -0.25) is 0 Å². The van der Waals surface area contributed by atoms with Crippen LogP contribution in [0.3, 0.4) is 0 Å². The number of para-hydroxylation sites is 2.